The number of hydrazine groups is 1. The Hall–Kier alpha value is -1.39. The first kappa shape index (κ1) is 7.27. The molecule has 5 nitrogen and oxygen atoms in total. The van der Waals surface area contributed by atoms with E-state index in [2.05, 4.69) is 0 Å². The first-order valence-corrected chi connectivity index (χ1v) is 3.86. The van der Waals surface area contributed by atoms with Crippen molar-refractivity contribution in [2.75, 3.05) is 6.54 Å². The molecule has 2 heterocycles. The summed E-state index contributed by atoms with van der Waals surface area (Å²) >= 11 is 0. The lowest BCUT2D eigenvalue weighted by Gasteiger charge is -2.29. The summed E-state index contributed by atoms with van der Waals surface area (Å²) in [5, 5.41) is 2.22. The Bertz CT molecular complexity index is 274. The van der Waals surface area contributed by atoms with Gasteiger partial charge in [0.25, 0.3) is 0 Å². The summed E-state index contributed by atoms with van der Waals surface area (Å²) in [5.41, 5.74) is 0. The highest BCUT2D eigenvalue weighted by Crippen LogP contribution is 2.20. The van der Waals surface area contributed by atoms with E-state index in [4.69, 9.17) is 0 Å². The van der Waals surface area contributed by atoms with Crippen LogP contribution in [0.5, 0.6) is 0 Å². The van der Waals surface area contributed by atoms with Gasteiger partial charge in [0, 0.05) is 19.3 Å². The summed E-state index contributed by atoms with van der Waals surface area (Å²) in [6.45, 7) is 0.364. The Labute approximate surface area is 68.9 Å². The highest BCUT2D eigenvalue weighted by Gasteiger charge is 2.40. The molecule has 3 amide bonds. The molecule has 0 aromatic carbocycles. The maximum atomic E-state index is 11.1. The van der Waals surface area contributed by atoms with Gasteiger partial charge < -0.3 is 0 Å². The summed E-state index contributed by atoms with van der Waals surface area (Å²) in [7, 11) is 0. The molecule has 0 atom stereocenters. The molecule has 2 rings (SSSR count). The number of imide groups is 1. The number of carbonyl (C=O) groups excluding carboxylic acids is 3. The van der Waals surface area contributed by atoms with Crippen molar-refractivity contribution in [2.24, 2.45) is 0 Å². The molecule has 0 saturated carbocycles. The SMILES string of the molecule is O=C1CCC(=O)N2C(=O)CCN12. The van der Waals surface area contributed by atoms with Crippen LogP contribution in [0.25, 0.3) is 0 Å². The number of rotatable bonds is 0. The van der Waals surface area contributed by atoms with Crippen LogP contribution in [-0.4, -0.2) is 34.3 Å². The van der Waals surface area contributed by atoms with Crippen molar-refractivity contribution in [3.63, 3.8) is 0 Å². The second-order valence-corrected chi connectivity index (χ2v) is 2.87. The van der Waals surface area contributed by atoms with E-state index >= 15 is 0 Å². The second-order valence-electron chi connectivity index (χ2n) is 2.87. The number of hydrogen-bond acceptors (Lipinski definition) is 3. The van der Waals surface area contributed by atoms with Gasteiger partial charge in [-0.3, -0.25) is 14.4 Å². The third-order valence-electron chi connectivity index (χ3n) is 2.09. The predicted molar refractivity (Wildman–Crippen MR) is 37.4 cm³/mol. The van der Waals surface area contributed by atoms with Crippen molar-refractivity contribution < 1.29 is 14.4 Å². The quantitative estimate of drug-likeness (QED) is 0.448. The van der Waals surface area contributed by atoms with Crippen LogP contribution in [-0.2, 0) is 14.4 Å². The summed E-state index contributed by atoms with van der Waals surface area (Å²) in [6.07, 6.45) is 0.682. The third kappa shape index (κ3) is 0.823. The van der Waals surface area contributed by atoms with Gasteiger partial charge in [-0.2, -0.15) is 5.01 Å². The molecule has 2 saturated heterocycles. The van der Waals surface area contributed by atoms with Gasteiger partial charge in [0.15, 0.2) is 0 Å². The standard InChI is InChI=1S/C7H8N2O3/c10-5-1-2-6(11)9-7(12)3-4-8(5)9/h1-4H2. The van der Waals surface area contributed by atoms with E-state index in [1.165, 1.54) is 5.01 Å². The number of amides is 3. The zero-order chi connectivity index (χ0) is 8.72. The van der Waals surface area contributed by atoms with Crippen molar-refractivity contribution in [2.45, 2.75) is 19.3 Å². The summed E-state index contributed by atoms with van der Waals surface area (Å²) in [4.78, 5) is 33.4. The molecule has 0 N–H and O–H groups in total. The Balaban J connectivity index is 2.30. The molecular weight excluding hydrogens is 160 g/mol. The Kier molecular flexibility index (Phi) is 1.39. The molecule has 0 aromatic heterocycles. The maximum Gasteiger partial charge on any atom is 0.250 e. The maximum absolute atomic E-state index is 11.1. The molecule has 0 spiro atoms. The first-order valence-electron chi connectivity index (χ1n) is 3.86. The first-order chi connectivity index (χ1) is 5.70. The lowest BCUT2D eigenvalue weighted by atomic mass is 10.2. The number of hydrogen-bond donors (Lipinski definition) is 0. The lowest BCUT2D eigenvalue weighted by molar-refractivity contribution is -0.170. The van der Waals surface area contributed by atoms with Gasteiger partial charge in [-0.05, 0) is 0 Å². The van der Waals surface area contributed by atoms with E-state index in [-0.39, 0.29) is 37.0 Å². The van der Waals surface area contributed by atoms with E-state index in [0.29, 0.717) is 6.54 Å². The van der Waals surface area contributed by atoms with E-state index < -0.39 is 0 Å². The normalized spacial score (nSPS) is 23.5. The monoisotopic (exact) mass is 168 g/mol. The van der Waals surface area contributed by atoms with Crippen LogP contribution in [0.1, 0.15) is 19.3 Å². The second kappa shape index (κ2) is 2.30. The van der Waals surface area contributed by atoms with Gasteiger partial charge in [0.1, 0.15) is 0 Å². The van der Waals surface area contributed by atoms with Crippen molar-refractivity contribution in [3.8, 4) is 0 Å². The number of carbonyl (C=O) groups is 3. The fraction of sp³-hybridized carbons (Fsp3) is 0.571. The van der Waals surface area contributed by atoms with Crippen molar-refractivity contribution >= 4 is 17.7 Å². The van der Waals surface area contributed by atoms with Gasteiger partial charge in [-0.1, -0.05) is 0 Å². The van der Waals surface area contributed by atoms with Crippen LogP contribution in [0.4, 0.5) is 0 Å². The summed E-state index contributed by atoms with van der Waals surface area (Å²) in [6, 6.07) is 0. The summed E-state index contributed by atoms with van der Waals surface area (Å²) < 4.78 is 0. The van der Waals surface area contributed by atoms with Crippen molar-refractivity contribution in [1.82, 2.24) is 10.0 Å². The third-order valence-corrected chi connectivity index (χ3v) is 2.09. The van der Waals surface area contributed by atoms with E-state index in [1.54, 1.807) is 0 Å². The molecule has 5 heteroatoms. The van der Waals surface area contributed by atoms with Crippen molar-refractivity contribution in [3.05, 3.63) is 0 Å². The molecule has 0 unspecified atom stereocenters. The van der Waals surface area contributed by atoms with Gasteiger partial charge in [-0.15, -0.1) is 0 Å². The van der Waals surface area contributed by atoms with E-state index in [1.807, 2.05) is 0 Å². The van der Waals surface area contributed by atoms with Gasteiger partial charge in [0.05, 0.1) is 6.54 Å². The molecule has 2 fully saturated rings. The molecule has 2 aliphatic heterocycles. The lowest BCUT2D eigenvalue weighted by Crippen LogP contribution is -2.50. The Morgan fingerprint density at radius 1 is 0.833 bits per heavy atom. The van der Waals surface area contributed by atoms with Crippen LogP contribution in [0.2, 0.25) is 0 Å². The fourth-order valence-corrected chi connectivity index (χ4v) is 1.50. The van der Waals surface area contributed by atoms with Crippen molar-refractivity contribution in [1.29, 1.82) is 0 Å². The minimum Gasteiger partial charge on any atom is -0.273 e. The van der Waals surface area contributed by atoms with Crippen LogP contribution in [0.15, 0.2) is 0 Å². The van der Waals surface area contributed by atoms with E-state index in [0.717, 1.165) is 5.01 Å². The zero-order valence-electron chi connectivity index (χ0n) is 6.45. The smallest absolute Gasteiger partial charge is 0.250 e. The molecule has 0 aliphatic carbocycles. The molecule has 2 aliphatic rings. The minimum absolute atomic E-state index is 0.125. The molecule has 0 bridgehead atoms. The topological polar surface area (TPSA) is 57.7 Å². The highest BCUT2D eigenvalue weighted by atomic mass is 16.2. The molecule has 0 aromatic rings. The average Bonchev–Trinajstić information content (AvgIpc) is 2.42. The Morgan fingerprint density at radius 2 is 1.42 bits per heavy atom. The molecule has 0 radical (unpaired) electrons. The van der Waals surface area contributed by atoms with Crippen LogP contribution in [0.3, 0.4) is 0 Å². The average molecular weight is 168 g/mol. The largest absolute Gasteiger partial charge is 0.273 e. The molecule has 12 heavy (non-hydrogen) atoms. The minimum atomic E-state index is -0.256. The zero-order valence-corrected chi connectivity index (χ0v) is 6.45. The molecule has 64 valence electrons. The number of nitrogens with zero attached hydrogens (tertiary/aromatic N) is 2. The van der Waals surface area contributed by atoms with Gasteiger partial charge >= 0.3 is 0 Å². The summed E-state index contributed by atoms with van der Waals surface area (Å²) in [5.74, 6) is -0.634. The van der Waals surface area contributed by atoms with Crippen LogP contribution in [0, 0.1) is 0 Å². The van der Waals surface area contributed by atoms with Gasteiger partial charge in [-0.25, -0.2) is 5.01 Å². The Morgan fingerprint density at radius 3 is 2.08 bits per heavy atom. The molecular formula is C7H8N2O3. The van der Waals surface area contributed by atoms with Crippen LogP contribution >= 0.6 is 0 Å². The predicted octanol–water partition coefficient (Wildman–Crippen LogP) is -0.717. The fourth-order valence-electron chi connectivity index (χ4n) is 1.50. The van der Waals surface area contributed by atoms with Gasteiger partial charge in [0.2, 0.25) is 17.7 Å². The van der Waals surface area contributed by atoms with Crippen LogP contribution < -0.4 is 0 Å². The highest BCUT2D eigenvalue weighted by molar-refractivity contribution is 6.02. The van der Waals surface area contributed by atoms with E-state index in [9.17, 15) is 14.4 Å². The number of fused-ring (bicyclic) bond motifs is 1.